The minimum absolute atomic E-state index is 1.36. The molecule has 0 radical (unpaired) electrons. The van der Waals surface area contributed by atoms with Gasteiger partial charge in [-0.2, -0.15) is 0 Å². The second-order valence-electron chi connectivity index (χ2n) is 11.2. The van der Waals surface area contributed by atoms with Gasteiger partial charge in [0.15, 0.2) is 36.2 Å². The third kappa shape index (κ3) is 16.2. The topological polar surface area (TPSA) is 73.8 Å². The summed E-state index contributed by atoms with van der Waals surface area (Å²) in [4.78, 5) is 0. The molecule has 0 saturated carbocycles. The zero-order chi connectivity index (χ0) is 26.5. The van der Waals surface area contributed by atoms with Crippen LogP contribution in [0.5, 0.6) is 0 Å². The van der Waals surface area contributed by atoms with Crippen LogP contribution in [0.15, 0.2) is 0 Å². The zero-order valence-electron chi connectivity index (χ0n) is 24.1. The minimum atomic E-state index is -3.77. The van der Waals surface area contributed by atoms with E-state index < -0.39 is 79.5 Å². The van der Waals surface area contributed by atoms with Gasteiger partial charge in [-0.1, -0.05) is 0 Å². The van der Waals surface area contributed by atoms with Crippen molar-refractivity contribution in [2.45, 2.75) is 105 Å². The molecule has 33 heavy (non-hydrogen) atoms. The smallest absolute Gasteiger partial charge is 0.439 e. The fourth-order valence-electron chi connectivity index (χ4n) is 3.70. The Balaban J connectivity index is 6.58. The van der Waals surface area contributed by atoms with E-state index in [2.05, 4.69) is 52.4 Å². The molecule has 0 aromatic heterocycles. The van der Waals surface area contributed by atoms with E-state index >= 15 is 0 Å². The average molecular weight is 625 g/mol. The van der Waals surface area contributed by atoms with Crippen molar-refractivity contribution in [2.24, 2.45) is 0 Å². The van der Waals surface area contributed by atoms with Gasteiger partial charge in [0, 0.05) is 0 Å². The number of hydrogen-bond donors (Lipinski definition) is 0. The molecule has 200 valence electrons. The van der Waals surface area contributed by atoms with Gasteiger partial charge in [0.05, 0.1) is 0 Å². The van der Waals surface area contributed by atoms with E-state index in [1.807, 2.05) is 52.4 Å². The van der Waals surface area contributed by atoms with Crippen LogP contribution in [0.3, 0.4) is 0 Å². The van der Waals surface area contributed by atoms with Gasteiger partial charge in [0.2, 0.25) is 0 Å². The first-order valence-electron chi connectivity index (χ1n) is 12.0. The molecular formula is C16H52O8Si9. The molecule has 17 heteroatoms. The van der Waals surface area contributed by atoms with E-state index in [4.69, 9.17) is 32.9 Å². The van der Waals surface area contributed by atoms with Crippen molar-refractivity contribution in [3.8, 4) is 0 Å². The van der Waals surface area contributed by atoms with Crippen LogP contribution in [0, 0.1) is 0 Å². The minimum Gasteiger partial charge on any atom is -0.439 e. The first-order chi connectivity index (χ1) is 14.5. The molecule has 0 bridgehead atoms. The Labute approximate surface area is 216 Å². The van der Waals surface area contributed by atoms with Crippen molar-refractivity contribution in [3.05, 3.63) is 0 Å². The Morgan fingerprint density at radius 1 is 0.333 bits per heavy atom. The highest BCUT2D eigenvalue weighted by Gasteiger charge is 2.61. The summed E-state index contributed by atoms with van der Waals surface area (Å²) in [6.45, 7) is 33.5. The van der Waals surface area contributed by atoms with Crippen LogP contribution in [0.25, 0.3) is 0 Å². The SMILES string of the molecule is C[SiH](C)O[Si](C)(C)O[Si](O[Si](C)(C)O[SiH](C)C)(O[Si](C)(C)O[SiH](C)C)O[Si](C)(C)O[SiH](C)C. The van der Waals surface area contributed by atoms with E-state index in [1.165, 1.54) is 0 Å². The van der Waals surface area contributed by atoms with Crippen molar-refractivity contribution in [3.63, 3.8) is 0 Å². The molecule has 0 unspecified atom stereocenters. The van der Waals surface area contributed by atoms with Gasteiger partial charge in [0.1, 0.15) is 0 Å². The lowest BCUT2D eigenvalue weighted by Gasteiger charge is -2.45. The molecule has 0 amide bonds. The van der Waals surface area contributed by atoms with Gasteiger partial charge in [-0.25, -0.2) is 0 Å². The number of hydrogen-bond acceptors (Lipinski definition) is 8. The molecule has 8 nitrogen and oxygen atoms in total. The van der Waals surface area contributed by atoms with Crippen LogP contribution in [-0.2, 0) is 32.9 Å². The molecular weight excluding hydrogens is 573 g/mol. The summed E-state index contributed by atoms with van der Waals surface area (Å²) in [5.74, 6) is 0. The van der Waals surface area contributed by atoms with Gasteiger partial charge in [0.25, 0.3) is 0 Å². The molecule has 0 fully saturated rings. The summed E-state index contributed by atoms with van der Waals surface area (Å²) in [6.07, 6.45) is 0. The average Bonchev–Trinajstić information content (AvgIpc) is 2.36. The third-order valence-corrected chi connectivity index (χ3v) is 32.1. The Morgan fingerprint density at radius 2 is 0.485 bits per heavy atom. The molecule has 0 aliphatic heterocycles. The summed E-state index contributed by atoms with van der Waals surface area (Å²) in [6, 6.07) is 0. The van der Waals surface area contributed by atoms with Gasteiger partial charge in [-0.15, -0.1) is 0 Å². The van der Waals surface area contributed by atoms with E-state index in [0.717, 1.165) is 0 Å². The van der Waals surface area contributed by atoms with E-state index in [1.54, 1.807) is 0 Å². The van der Waals surface area contributed by atoms with Crippen molar-refractivity contribution in [1.82, 2.24) is 0 Å². The lowest BCUT2D eigenvalue weighted by molar-refractivity contribution is 0.104. The van der Waals surface area contributed by atoms with Crippen molar-refractivity contribution in [2.75, 3.05) is 0 Å². The molecule has 0 rings (SSSR count). The maximum absolute atomic E-state index is 6.82. The maximum atomic E-state index is 6.82. The Hall–Kier alpha value is 1.63. The van der Waals surface area contributed by atoms with Crippen molar-refractivity contribution in [1.29, 1.82) is 0 Å². The van der Waals surface area contributed by atoms with Crippen molar-refractivity contribution < 1.29 is 32.9 Å². The highest BCUT2D eigenvalue weighted by molar-refractivity contribution is 6.91. The molecule has 0 aromatic carbocycles. The van der Waals surface area contributed by atoms with Crippen molar-refractivity contribution >= 4 is 79.5 Å². The fraction of sp³-hybridized carbons (Fsp3) is 1.00. The maximum Gasteiger partial charge on any atom is 0.643 e. The van der Waals surface area contributed by atoms with Gasteiger partial charge < -0.3 is 32.9 Å². The Morgan fingerprint density at radius 3 is 0.606 bits per heavy atom. The molecule has 0 spiro atoms. The highest BCUT2D eigenvalue weighted by Crippen LogP contribution is 2.31. The van der Waals surface area contributed by atoms with Crippen LogP contribution in [0.4, 0.5) is 0 Å². The highest BCUT2D eigenvalue weighted by atomic mass is 28.6. The molecule has 0 N–H and O–H groups in total. The lowest BCUT2D eigenvalue weighted by Crippen LogP contribution is -2.69. The lowest BCUT2D eigenvalue weighted by atomic mass is 11.9. The van der Waals surface area contributed by atoms with Crippen LogP contribution < -0.4 is 0 Å². The van der Waals surface area contributed by atoms with Crippen LogP contribution in [0.1, 0.15) is 0 Å². The standard InChI is InChI=1S/C16H52O8Si9/c1-25(2)17-29(9,10)21-33(22-30(11,12)18-26(3)4,23-31(13,14)19-27(5)6)24-32(15,16)20-28(7)8/h25-28H,1-16H3. The molecule has 0 aromatic rings. The largest absolute Gasteiger partial charge is 0.643 e. The Kier molecular flexibility index (Phi) is 14.1. The molecule has 0 aliphatic carbocycles. The predicted molar refractivity (Wildman–Crippen MR) is 160 cm³/mol. The third-order valence-electron chi connectivity index (χ3n) is 3.56. The molecule has 0 aliphatic rings. The van der Waals surface area contributed by atoms with E-state index in [-0.39, 0.29) is 0 Å². The van der Waals surface area contributed by atoms with E-state index in [9.17, 15) is 0 Å². The summed E-state index contributed by atoms with van der Waals surface area (Å²) in [5.41, 5.74) is 0. The van der Waals surface area contributed by atoms with Gasteiger partial charge >= 0.3 is 43.3 Å². The van der Waals surface area contributed by atoms with Crippen LogP contribution in [0.2, 0.25) is 105 Å². The quantitative estimate of drug-likeness (QED) is 0.236. The normalized spacial score (nSPS) is 14.9. The van der Waals surface area contributed by atoms with Crippen LogP contribution in [-0.4, -0.2) is 79.5 Å². The van der Waals surface area contributed by atoms with Crippen LogP contribution >= 0.6 is 0 Å². The van der Waals surface area contributed by atoms with Gasteiger partial charge in [-0.05, 0) is 105 Å². The number of rotatable bonds is 16. The molecule has 0 heterocycles. The summed E-state index contributed by atoms with van der Waals surface area (Å²) < 4.78 is 52.8. The second kappa shape index (κ2) is 13.4. The Bertz CT molecular complexity index is 487. The zero-order valence-corrected chi connectivity index (χ0v) is 33.7. The monoisotopic (exact) mass is 624 g/mol. The molecule has 0 atom stereocenters. The first-order valence-corrected chi connectivity index (χ1v) is 36.0. The summed E-state index contributed by atoms with van der Waals surface area (Å²) >= 11 is 0. The molecule has 0 saturated heterocycles. The second-order valence-corrected chi connectivity index (χ2v) is 38.8. The predicted octanol–water partition coefficient (Wildman–Crippen LogP) is 4.30. The van der Waals surface area contributed by atoms with Gasteiger partial charge in [-0.3, -0.25) is 0 Å². The summed E-state index contributed by atoms with van der Waals surface area (Å²) in [7, 11) is -19.8. The fourth-order valence-corrected chi connectivity index (χ4v) is 37.2. The summed E-state index contributed by atoms with van der Waals surface area (Å²) in [5, 5.41) is 0. The van der Waals surface area contributed by atoms with E-state index in [0.29, 0.717) is 0 Å². The first kappa shape index (κ1) is 34.6.